The van der Waals surface area contributed by atoms with Crippen molar-refractivity contribution in [3.05, 3.63) is 0 Å². The Balaban J connectivity index is 2.08. The highest BCUT2D eigenvalue weighted by molar-refractivity contribution is 7.80. The molecule has 2 fully saturated rings. The second kappa shape index (κ2) is 5.97. The highest BCUT2D eigenvalue weighted by Gasteiger charge is 2.40. The van der Waals surface area contributed by atoms with Gasteiger partial charge in [-0.05, 0) is 25.7 Å². The van der Waals surface area contributed by atoms with Crippen LogP contribution in [0.4, 0.5) is 0 Å². The van der Waals surface area contributed by atoms with E-state index in [0.29, 0.717) is 18.1 Å². The minimum absolute atomic E-state index is 0.115. The summed E-state index contributed by atoms with van der Waals surface area (Å²) >= 11 is 5.05. The fraction of sp³-hybridized carbons (Fsp3) is 0.846. The monoisotopic (exact) mass is 270 g/mol. The number of carbonyl (C=O) groups excluding carboxylic acids is 1. The number of nitrogens with zero attached hydrogens (tertiary/aromatic N) is 1. The van der Waals surface area contributed by atoms with Crippen molar-refractivity contribution in [1.29, 1.82) is 0 Å². The summed E-state index contributed by atoms with van der Waals surface area (Å²) < 4.78 is 5.72. The number of hydrogen-bond donors (Lipinski definition) is 1. The number of ether oxygens (including phenoxy) is 1. The standard InChI is InChI=1S/C13H22N2O2S/c1-2-4-9(12(14)18)13(16)15-7-8-17-11-6-3-5-10(11)15/h9-11H,2-8H2,1H3,(H2,14,18). The molecule has 1 heterocycles. The van der Waals surface area contributed by atoms with Crippen molar-refractivity contribution in [3.8, 4) is 0 Å². The third kappa shape index (κ3) is 2.67. The highest BCUT2D eigenvalue weighted by Crippen LogP contribution is 2.31. The molecule has 102 valence electrons. The lowest BCUT2D eigenvalue weighted by atomic mass is 9.99. The molecule has 5 heteroatoms. The summed E-state index contributed by atoms with van der Waals surface area (Å²) in [5, 5.41) is 0. The molecule has 2 aliphatic rings. The van der Waals surface area contributed by atoms with Gasteiger partial charge in [-0.1, -0.05) is 25.6 Å². The van der Waals surface area contributed by atoms with E-state index < -0.39 is 0 Å². The van der Waals surface area contributed by atoms with Crippen LogP contribution in [0.2, 0.25) is 0 Å². The van der Waals surface area contributed by atoms with Gasteiger partial charge in [0.2, 0.25) is 5.91 Å². The lowest BCUT2D eigenvalue weighted by Crippen LogP contribution is -2.54. The van der Waals surface area contributed by atoms with Crippen LogP contribution in [0.5, 0.6) is 0 Å². The lowest BCUT2D eigenvalue weighted by molar-refractivity contribution is -0.146. The van der Waals surface area contributed by atoms with Crippen LogP contribution in [0.15, 0.2) is 0 Å². The van der Waals surface area contributed by atoms with E-state index in [1.807, 2.05) is 4.90 Å². The van der Waals surface area contributed by atoms with E-state index in [1.54, 1.807) is 0 Å². The van der Waals surface area contributed by atoms with Crippen LogP contribution in [0.1, 0.15) is 39.0 Å². The normalized spacial score (nSPS) is 28.8. The third-order valence-corrected chi connectivity index (χ3v) is 4.27. The SMILES string of the molecule is CCCC(C(=O)N1CCOC2CCCC21)C(N)=S. The fourth-order valence-corrected chi connectivity index (χ4v) is 3.29. The van der Waals surface area contributed by atoms with Crippen molar-refractivity contribution in [2.75, 3.05) is 13.2 Å². The smallest absolute Gasteiger partial charge is 0.232 e. The number of amides is 1. The van der Waals surface area contributed by atoms with Crippen molar-refractivity contribution < 1.29 is 9.53 Å². The Labute approximate surface area is 114 Å². The molecule has 4 nitrogen and oxygen atoms in total. The molecule has 3 atom stereocenters. The predicted molar refractivity (Wildman–Crippen MR) is 74.3 cm³/mol. The number of rotatable bonds is 4. The van der Waals surface area contributed by atoms with Gasteiger partial charge in [0, 0.05) is 6.54 Å². The average Bonchev–Trinajstić information content (AvgIpc) is 2.82. The molecule has 3 unspecified atom stereocenters. The van der Waals surface area contributed by atoms with Crippen LogP contribution < -0.4 is 5.73 Å². The van der Waals surface area contributed by atoms with Gasteiger partial charge >= 0.3 is 0 Å². The fourth-order valence-electron chi connectivity index (χ4n) is 3.08. The summed E-state index contributed by atoms with van der Waals surface area (Å²) in [6.45, 7) is 3.38. The summed E-state index contributed by atoms with van der Waals surface area (Å²) in [5.74, 6) is -0.172. The van der Waals surface area contributed by atoms with Crippen molar-refractivity contribution in [2.45, 2.75) is 51.2 Å². The number of thiocarbonyl (C=S) groups is 1. The van der Waals surface area contributed by atoms with Gasteiger partial charge < -0.3 is 15.4 Å². The molecule has 0 aromatic carbocycles. The number of nitrogens with two attached hydrogens (primary N) is 1. The van der Waals surface area contributed by atoms with Gasteiger partial charge in [0.15, 0.2) is 0 Å². The maximum absolute atomic E-state index is 12.6. The summed E-state index contributed by atoms with van der Waals surface area (Å²) in [6.07, 6.45) is 5.17. The first-order chi connectivity index (χ1) is 8.65. The van der Waals surface area contributed by atoms with Crippen molar-refractivity contribution in [1.82, 2.24) is 4.90 Å². The van der Waals surface area contributed by atoms with Gasteiger partial charge in [-0.15, -0.1) is 0 Å². The van der Waals surface area contributed by atoms with E-state index in [0.717, 1.165) is 32.1 Å². The maximum atomic E-state index is 12.6. The second-order valence-electron chi connectivity index (χ2n) is 5.18. The molecule has 0 radical (unpaired) electrons. The summed E-state index contributed by atoms with van der Waals surface area (Å²) in [5.41, 5.74) is 5.72. The van der Waals surface area contributed by atoms with Gasteiger partial charge in [0.1, 0.15) is 0 Å². The Bertz CT molecular complexity index is 335. The van der Waals surface area contributed by atoms with E-state index in [-0.39, 0.29) is 24.0 Å². The van der Waals surface area contributed by atoms with Crippen LogP contribution in [-0.2, 0) is 9.53 Å². The zero-order valence-electron chi connectivity index (χ0n) is 10.9. The highest BCUT2D eigenvalue weighted by atomic mass is 32.1. The Morgan fingerprint density at radius 1 is 1.56 bits per heavy atom. The Morgan fingerprint density at radius 3 is 3.00 bits per heavy atom. The topological polar surface area (TPSA) is 55.6 Å². The first kappa shape index (κ1) is 13.7. The molecule has 0 bridgehead atoms. The van der Waals surface area contributed by atoms with Gasteiger partial charge in [0.05, 0.1) is 29.7 Å². The van der Waals surface area contributed by atoms with Crippen molar-refractivity contribution in [3.63, 3.8) is 0 Å². The van der Waals surface area contributed by atoms with Crippen LogP contribution in [-0.4, -0.2) is 41.1 Å². The molecule has 0 aromatic rings. The zero-order valence-corrected chi connectivity index (χ0v) is 11.7. The number of carbonyl (C=O) groups is 1. The van der Waals surface area contributed by atoms with Gasteiger partial charge in [-0.2, -0.15) is 0 Å². The Hall–Kier alpha value is -0.680. The van der Waals surface area contributed by atoms with E-state index >= 15 is 0 Å². The first-order valence-electron chi connectivity index (χ1n) is 6.86. The van der Waals surface area contributed by atoms with Crippen LogP contribution in [0.3, 0.4) is 0 Å². The molecule has 1 aliphatic heterocycles. The molecule has 1 saturated carbocycles. The van der Waals surface area contributed by atoms with Gasteiger partial charge in [-0.3, -0.25) is 4.79 Å². The van der Waals surface area contributed by atoms with E-state index in [4.69, 9.17) is 22.7 Å². The van der Waals surface area contributed by atoms with Gasteiger partial charge in [-0.25, -0.2) is 0 Å². The van der Waals surface area contributed by atoms with Crippen LogP contribution >= 0.6 is 12.2 Å². The first-order valence-corrected chi connectivity index (χ1v) is 7.27. The molecule has 1 aliphatic carbocycles. The minimum Gasteiger partial charge on any atom is -0.393 e. The summed E-state index contributed by atoms with van der Waals surface area (Å²) in [6, 6.07) is 0.250. The Kier molecular flexibility index (Phi) is 4.56. The second-order valence-corrected chi connectivity index (χ2v) is 5.65. The molecular weight excluding hydrogens is 248 g/mol. The Morgan fingerprint density at radius 2 is 2.33 bits per heavy atom. The van der Waals surface area contributed by atoms with E-state index in [1.165, 1.54) is 0 Å². The molecule has 18 heavy (non-hydrogen) atoms. The van der Waals surface area contributed by atoms with E-state index in [2.05, 4.69) is 6.92 Å². The number of morpholine rings is 1. The minimum atomic E-state index is -0.288. The van der Waals surface area contributed by atoms with Crippen molar-refractivity contribution in [2.24, 2.45) is 11.7 Å². The average molecular weight is 270 g/mol. The van der Waals surface area contributed by atoms with E-state index in [9.17, 15) is 4.79 Å². The molecule has 2 N–H and O–H groups in total. The van der Waals surface area contributed by atoms with Crippen LogP contribution in [0.25, 0.3) is 0 Å². The lowest BCUT2D eigenvalue weighted by Gasteiger charge is -2.39. The molecule has 1 saturated heterocycles. The zero-order chi connectivity index (χ0) is 13.1. The van der Waals surface area contributed by atoms with Crippen LogP contribution in [0, 0.1) is 5.92 Å². The third-order valence-electron chi connectivity index (χ3n) is 3.98. The van der Waals surface area contributed by atoms with Gasteiger partial charge in [0.25, 0.3) is 0 Å². The molecule has 0 aromatic heterocycles. The number of fused-ring (bicyclic) bond motifs is 1. The quantitative estimate of drug-likeness (QED) is 0.786. The number of hydrogen-bond acceptors (Lipinski definition) is 3. The summed E-state index contributed by atoms with van der Waals surface area (Å²) in [4.78, 5) is 14.9. The molecular formula is C13H22N2O2S. The summed E-state index contributed by atoms with van der Waals surface area (Å²) in [7, 11) is 0. The largest absolute Gasteiger partial charge is 0.393 e. The van der Waals surface area contributed by atoms with Crippen molar-refractivity contribution >= 4 is 23.1 Å². The molecule has 1 amide bonds. The maximum Gasteiger partial charge on any atom is 0.232 e. The molecule has 2 rings (SSSR count). The molecule has 0 spiro atoms. The predicted octanol–water partition coefficient (Wildman–Crippen LogP) is 1.47.